The Bertz CT molecular complexity index is 767. The van der Waals surface area contributed by atoms with E-state index >= 15 is 0 Å². The molecular formula is C20H27N3O6. The summed E-state index contributed by atoms with van der Waals surface area (Å²) in [6, 6.07) is 4.34. The van der Waals surface area contributed by atoms with E-state index in [0.717, 1.165) is 32.4 Å². The van der Waals surface area contributed by atoms with Crippen LogP contribution in [0.5, 0.6) is 0 Å². The van der Waals surface area contributed by atoms with Crippen LogP contribution in [0.25, 0.3) is 0 Å². The van der Waals surface area contributed by atoms with Crippen molar-refractivity contribution in [1.82, 2.24) is 4.90 Å². The van der Waals surface area contributed by atoms with Crippen LogP contribution in [0.15, 0.2) is 18.2 Å². The Morgan fingerprint density at radius 2 is 1.83 bits per heavy atom. The molecule has 1 aromatic rings. The molecule has 9 heteroatoms. The van der Waals surface area contributed by atoms with E-state index in [1.54, 1.807) is 11.0 Å². The van der Waals surface area contributed by atoms with Crippen molar-refractivity contribution in [2.75, 3.05) is 37.7 Å². The van der Waals surface area contributed by atoms with Crippen molar-refractivity contribution in [2.45, 2.75) is 45.3 Å². The number of nitrogens with zero attached hydrogens (tertiary/aromatic N) is 3. The molecule has 0 N–H and O–H groups in total. The summed E-state index contributed by atoms with van der Waals surface area (Å²) in [5.41, 5.74) is 0.455. The molecule has 0 saturated carbocycles. The van der Waals surface area contributed by atoms with E-state index in [4.69, 9.17) is 9.47 Å². The van der Waals surface area contributed by atoms with Crippen molar-refractivity contribution in [3.63, 3.8) is 0 Å². The highest BCUT2D eigenvalue weighted by Gasteiger charge is 2.27. The number of carbonyl (C=O) groups excluding carboxylic acids is 2. The Morgan fingerprint density at radius 3 is 2.45 bits per heavy atom. The van der Waals surface area contributed by atoms with E-state index in [9.17, 15) is 19.7 Å². The molecule has 0 aromatic heterocycles. The summed E-state index contributed by atoms with van der Waals surface area (Å²) in [4.78, 5) is 39.3. The van der Waals surface area contributed by atoms with Gasteiger partial charge in [-0.3, -0.25) is 14.9 Å². The molecule has 2 fully saturated rings. The Labute approximate surface area is 169 Å². The first-order valence-electron chi connectivity index (χ1n) is 9.99. The average molecular weight is 405 g/mol. The van der Waals surface area contributed by atoms with Crippen molar-refractivity contribution in [1.29, 1.82) is 0 Å². The van der Waals surface area contributed by atoms with Gasteiger partial charge in [-0.05, 0) is 45.2 Å². The third-order valence-electron chi connectivity index (χ3n) is 5.20. The zero-order valence-corrected chi connectivity index (χ0v) is 16.8. The summed E-state index contributed by atoms with van der Waals surface area (Å²) in [5, 5.41) is 11.5. The number of morpholine rings is 1. The standard InChI is InChI=1S/C20H27N3O6/c1-14-11-22(12-15(2)29-14)19(24)13-28-20(25)16-6-7-17(18(10-16)23(26)27)21-8-4-3-5-9-21/h6-7,10,14-15H,3-5,8-9,11-13H2,1-2H3. The number of nitro benzene ring substituents is 1. The number of piperidine rings is 1. The first-order chi connectivity index (χ1) is 13.8. The molecule has 1 aromatic carbocycles. The Hall–Kier alpha value is -2.68. The molecule has 2 atom stereocenters. The van der Waals surface area contributed by atoms with Crippen molar-refractivity contribution in [3.8, 4) is 0 Å². The molecule has 29 heavy (non-hydrogen) atoms. The first-order valence-corrected chi connectivity index (χ1v) is 9.99. The number of carbonyl (C=O) groups is 2. The van der Waals surface area contributed by atoms with Gasteiger partial charge in [0.2, 0.25) is 0 Å². The molecule has 0 spiro atoms. The van der Waals surface area contributed by atoms with Gasteiger partial charge < -0.3 is 19.3 Å². The van der Waals surface area contributed by atoms with Crippen LogP contribution in [-0.4, -0.2) is 66.7 Å². The van der Waals surface area contributed by atoms with Gasteiger partial charge in [-0.1, -0.05) is 0 Å². The summed E-state index contributed by atoms with van der Waals surface area (Å²) in [6.45, 7) is 5.76. The molecule has 2 heterocycles. The van der Waals surface area contributed by atoms with Crippen LogP contribution in [0, 0.1) is 10.1 Å². The number of amides is 1. The second-order valence-corrected chi connectivity index (χ2v) is 7.64. The zero-order valence-electron chi connectivity index (χ0n) is 16.8. The van der Waals surface area contributed by atoms with E-state index in [0.29, 0.717) is 18.8 Å². The monoisotopic (exact) mass is 405 g/mol. The van der Waals surface area contributed by atoms with Crippen LogP contribution in [0.3, 0.4) is 0 Å². The molecule has 158 valence electrons. The number of esters is 1. The van der Waals surface area contributed by atoms with Gasteiger partial charge in [0.15, 0.2) is 6.61 Å². The van der Waals surface area contributed by atoms with E-state index in [2.05, 4.69) is 0 Å². The minimum Gasteiger partial charge on any atom is -0.452 e. The lowest BCUT2D eigenvalue weighted by Gasteiger charge is -2.35. The van der Waals surface area contributed by atoms with Crippen molar-refractivity contribution in [2.24, 2.45) is 0 Å². The topological polar surface area (TPSA) is 102 Å². The predicted molar refractivity (Wildman–Crippen MR) is 106 cm³/mol. The summed E-state index contributed by atoms with van der Waals surface area (Å²) in [5.74, 6) is -1.05. The minimum absolute atomic E-state index is 0.0639. The van der Waals surface area contributed by atoms with Gasteiger partial charge in [0.1, 0.15) is 5.69 Å². The number of ether oxygens (including phenoxy) is 2. The van der Waals surface area contributed by atoms with Gasteiger partial charge in [0.05, 0.1) is 22.7 Å². The molecule has 0 bridgehead atoms. The molecule has 2 aliphatic rings. The highest BCUT2D eigenvalue weighted by atomic mass is 16.6. The number of hydrogen-bond acceptors (Lipinski definition) is 7. The Morgan fingerprint density at radius 1 is 1.17 bits per heavy atom. The summed E-state index contributed by atoms with van der Waals surface area (Å²) in [7, 11) is 0. The maximum Gasteiger partial charge on any atom is 0.338 e. The molecule has 0 aliphatic carbocycles. The predicted octanol–water partition coefficient (Wildman–Crippen LogP) is 2.38. The Kier molecular flexibility index (Phi) is 6.68. The zero-order chi connectivity index (χ0) is 21.0. The fourth-order valence-electron chi connectivity index (χ4n) is 3.88. The third-order valence-corrected chi connectivity index (χ3v) is 5.20. The van der Waals surface area contributed by atoms with Gasteiger partial charge >= 0.3 is 5.97 Å². The fourth-order valence-corrected chi connectivity index (χ4v) is 3.88. The largest absolute Gasteiger partial charge is 0.452 e. The highest BCUT2D eigenvalue weighted by molar-refractivity contribution is 5.93. The second-order valence-electron chi connectivity index (χ2n) is 7.64. The SMILES string of the molecule is CC1CN(C(=O)COC(=O)c2ccc(N3CCCCC3)c([N+](=O)[O-])c2)CC(C)O1. The number of nitro groups is 1. The highest BCUT2D eigenvalue weighted by Crippen LogP contribution is 2.31. The van der Waals surface area contributed by atoms with Crippen LogP contribution in [0.1, 0.15) is 43.5 Å². The molecule has 3 rings (SSSR count). The lowest BCUT2D eigenvalue weighted by Crippen LogP contribution is -2.49. The first kappa shape index (κ1) is 21.0. The van der Waals surface area contributed by atoms with Crippen LogP contribution < -0.4 is 4.90 Å². The molecule has 2 aliphatic heterocycles. The smallest absolute Gasteiger partial charge is 0.338 e. The summed E-state index contributed by atoms with van der Waals surface area (Å²) in [6.07, 6.45) is 2.93. The van der Waals surface area contributed by atoms with Crippen LogP contribution >= 0.6 is 0 Å². The molecule has 9 nitrogen and oxygen atoms in total. The third kappa shape index (κ3) is 5.23. The fraction of sp³-hybridized carbons (Fsp3) is 0.600. The average Bonchev–Trinajstić information content (AvgIpc) is 2.71. The second kappa shape index (κ2) is 9.21. The maximum atomic E-state index is 12.4. The number of rotatable bonds is 5. The molecule has 2 saturated heterocycles. The maximum absolute atomic E-state index is 12.4. The molecular weight excluding hydrogens is 378 g/mol. The number of hydrogen-bond donors (Lipinski definition) is 0. The van der Waals surface area contributed by atoms with Gasteiger partial charge in [0.25, 0.3) is 11.6 Å². The number of anilines is 1. The summed E-state index contributed by atoms with van der Waals surface area (Å²) >= 11 is 0. The molecule has 2 unspecified atom stereocenters. The van der Waals surface area contributed by atoms with Crippen LogP contribution in [0.4, 0.5) is 11.4 Å². The van der Waals surface area contributed by atoms with Crippen molar-refractivity contribution >= 4 is 23.3 Å². The van der Waals surface area contributed by atoms with E-state index < -0.39 is 17.5 Å². The normalized spacial score (nSPS) is 22.3. The van der Waals surface area contributed by atoms with E-state index in [-0.39, 0.29) is 29.4 Å². The van der Waals surface area contributed by atoms with Gasteiger partial charge in [-0.15, -0.1) is 0 Å². The van der Waals surface area contributed by atoms with Gasteiger partial charge in [-0.25, -0.2) is 4.79 Å². The van der Waals surface area contributed by atoms with E-state index in [1.165, 1.54) is 12.1 Å². The van der Waals surface area contributed by atoms with E-state index in [1.807, 2.05) is 18.7 Å². The van der Waals surface area contributed by atoms with Crippen LogP contribution in [-0.2, 0) is 14.3 Å². The van der Waals surface area contributed by atoms with Crippen molar-refractivity contribution in [3.05, 3.63) is 33.9 Å². The van der Waals surface area contributed by atoms with Crippen molar-refractivity contribution < 1.29 is 24.0 Å². The molecule has 1 amide bonds. The quantitative estimate of drug-likeness (QED) is 0.421. The number of benzene rings is 1. The summed E-state index contributed by atoms with van der Waals surface area (Å²) < 4.78 is 10.7. The Balaban J connectivity index is 1.65. The molecule has 0 radical (unpaired) electrons. The van der Waals surface area contributed by atoms with Crippen LogP contribution in [0.2, 0.25) is 0 Å². The lowest BCUT2D eigenvalue weighted by molar-refractivity contribution is -0.384. The van der Waals surface area contributed by atoms with Gasteiger partial charge in [-0.2, -0.15) is 0 Å². The lowest BCUT2D eigenvalue weighted by atomic mass is 10.1. The minimum atomic E-state index is -0.749. The van der Waals surface area contributed by atoms with Gasteiger partial charge in [0, 0.05) is 32.2 Å².